The molecular formula is C17H17N7O. The van der Waals surface area contributed by atoms with Crippen molar-refractivity contribution in [2.75, 3.05) is 24.5 Å². The van der Waals surface area contributed by atoms with E-state index in [1.807, 2.05) is 18.3 Å². The number of nitriles is 1. The lowest BCUT2D eigenvalue weighted by molar-refractivity contribution is -0.125. The van der Waals surface area contributed by atoms with E-state index >= 15 is 0 Å². The summed E-state index contributed by atoms with van der Waals surface area (Å²) >= 11 is 0. The molecule has 0 atom stereocenters. The van der Waals surface area contributed by atoms with Crippen LogP contribution in [0.15, 0.2) is 24.7 Å². The Labute approximate surface area is 143 Å². The molecule has 2 N–H and O–H groups in total. The quantitative estimate of drug-likeness (QED) is 0.699. The number of fused-ring (bicyclic) bond motifs is 3. The van der Waals surface area contributed by atoms with Crippen molar-refractivity contribution >= 4 is 33.5 Å². The minimum atomic E-state index is -0.0420. The second kappa shape index (κ2) is 6.36. The Morgan fingerprint density at radius 3 is 3.04 bits per heavy atom. The van der Waals surface area contributed by atoms with Crippen molar-refractivity contribution < 1.29 is 4.79 Å². The number of aromatic amines is 1. The van der Waals surface area contributed by atoms with E-state index in [9.17, 15) is 4.79 Å². The summed E-state index contributed by atoms with van der Waals surface area (Å²) in [6.07, 6.45) is 6.88. The highest BCUT2D eigenvalue weighted by atomic mass is 16.1. The number of H-pyrrole nitrogens is 1. The average Bonchev–Trinajstić information content (AvgIpc) is 3.15. The number of pyridine rings is 1. The van der Waals surface area contributed by atoms with Gasteiger partial charge in [0.05, 0.1) is 24.2 Å². The largest absolute Gasteiger partial charge is 0.370 e. The maximum atomic E-state index is 12.0. The van der Waals surface area contributed by atoms with E-state index in [-0.39, 0.29) is 18.4 Å². The lowest BCUT2D eigenvalue weighted by Gasteiger charge is -2.33. The third-order valence-electron chi connectivity index (χ3n) is 4.72. The Bertz CT molecular complexity index is 966. The van der Waals surface area contributed by atoms with Crippen LogP contribution in [0.5, 0.6) is 0 Å². The first-order chi connectivity index (χ1) is 12.3. The van der Waals surface area contributed by atoms with Crippen LogP contribution in [-0.4, -0.2) is 45.7 Å². The molecule has 0 unspecified atom stereocenters. The van der Waals surface area contributed by atoms with Crippen molar-refractivity contribution in [3.05, 3.63) is 24.7 Å². The predicted molar refractivity (Wildman–Crippen MR) is 92.7 cm³/mol. The molecule has 1 amide bonds. The maximum Gasteiger partial charge on any atom is 0.224 e. The molecule has 3 aromatic heterocycles. The predicted octanol–water partition coefficient (Wildman–Crippen LogP) is 1.36. The van der Waals surface area contributed by atoms with Gasteiger partial charge in [-0.2, -0.15) is 10.4 Å². The minimum Gasteiger partial charge on any atom is -0.370 e. The summed E-state index contributed by atoms with van der Waals surface area (Å²) in [7, 11) is 0. The van der Waals surface area contributed by atoms with Crippen LogP contribution in [0.3, 0.4) is 0 Å². The highest BCUT2D eigenvalue weighted by Crippen LogP contribution is 2.32. The van der Waals surface area contributed by atoms with Gasteiger partial charge in [0.1, 0.15) is 17.7 Å². The summed E-state index contributed by atoms with van der Waals surface area (Å²) < 4.78 is 0. The molecule has 4 heterocycles. The summed E-state index contributed by atoms with van der Waals surface area (Å²) in [5.74, 6) is -0.0734. The Kier molecular flexibility index (Phi) is 3.90. The molecule has 126 valence electrons. The molecule has 1 fully saturated rings. The molecular weight excluding hydrogens is 318 g/mol. The number of nitrogens with zero attached hydrogens (tertiary/aromatic N) is 5. The zero-order valence-corrected chi connectivity index (χ0v) is 13.6. The van der Waals surface area contributed by atoms with Crippen LogP contribution in [0.25, 0.3) is 21.9 Å². The van der Waals surface area contributed by atoms with Crippen LogP contribution in [0.1, 0.15) is 12.8 Å². The third kappa shape index (κ3) is 2.74. The minimum absolute atomic E-state index is 0.0314. The van der Waals surface area contributed by atoms with E-state index in [0.29, 0.717) is 0 Å². The fraction of sp³-hybridized carbons (Fsp3) is 0.353. The van der Waals surface area contributed by atoms with Crippen LogP contribution >= 0.6 is 0 Å². The van der Waals surface area contributed by atoms with Crippen molar-refractivity contribution in [3.8, 4) is 6.07 Å². The first-order valence-corrected chi connectivity index (χ1v) is 8.25. The van der Waals surface area contributed by atoms with Gasteiger partial charge in [0.2, 0.25) is 5.91 Å². The second-order valence-corrected chi connectivity index (χ2v) is 6.13. The number of carbonyl (C=O) groups excluding carboxylic acids is 1. The van der Waals surface area contributed by atoms with Gasteiger partial charge in [-0.3, -0.25) is 4.79 Å². The second-order valence-electron chi connectivity index (χ2n) is 6.13. The topological polar surface area (TPSA) is 111 Å². The summed E-state index contributed by atoms with van der Waals surface area (Å²) in [5.41, 5.74) is 2.61. The number of anilines is 1. The van der Waals surface area contributed by atoms with Gasteiger partial charge in [0, 0.05) is 36.0 Å². The summed E-state index contributed by atoms with van der Waals surface area (Å²) in [4.78, 5) is 21.8. The smallest absolute Gasteiger partial charge is 0.224 e. The molecule has 8 nitrogen and oxygen atoms in total. The Morgan fingerprint density at radius 2 is 2.24 bits per heavy atom. The number of nitrogens with one attached hydrogen (secondary N) is 2. The molecule has 0 spiro atoms. The van der Waals surface area contributed by atoms with Crippen molar-refractivity contribution in [3.63, 3.8) is 0 Å². The van der Waals surface area contributed by atoms with E-state index in [2.05, 4.69) is 30.4 Å². The standard InChI is InChI=1S/C17H17N7O/c18-4-6-20-17(25)11-2-7-24(8-3-11)14-10-22-23-13-9-21-16-12(15(13)14)1-5-19-16/h1,5,9-11H,2-3,6-8H2,(H,19,21)(H,20,25). The normalized spacial score (nSPS) is 15.4. The van der Waals surface area contributed by atoms with E-state index in [1.54, 1.807) is 12.4 Å². The number of rotatable bonds is 3. The fourth-order valence-corrected chi connectivity index (χ4v) is 3.45. The molecule has 0 bridgehead atoms. The van der Waals surface area contributed by atoms with E-state index in [4.69, 9.17) is 5.26 Å². The Morgan fingerprint density at radius 1 is 1.40 bits per heavy atom. The van der Waals surface area contributed by atoms with Gasteiger partial charge in [-0.1, -0.05) is 0 Å². The average molecular weight is 335 g/mol. The monoisotopic (exact) mass is 335 g/mol. The highest BCUT2D eigenvalue weighted by molar-refractivity contribution is 6.09. The number of hydrogen-bond acceptors (Lipinski definition) is 6. The molecule has 0 aromatic carbocycles. The zero-order chi connectivity index (χ0) is 17.2. The molecule has 25 heavy (non-hydrogen) atoms. The zero-order valence-electron chi connectivity index (χ0n) is 13.6. The Hall–Kier alpha value is -3.21. The summed E-state index contributed by atoms with van der Waals surface area (Å²) in [5, 5.41) is 21.6. The molecule has 1 saturated heterocycles. The van der Waals surface area contributed by atoms with E-state index < -0.39 is 0 Å². The molecule has 0 aliphatic carbocycles. The van der Waals surface area contributed by atoms with E-state index in [1.165, 1.54) is 0 Å². The molecule has 0 saturated carbocycles. The van der Waals surface area contributed by atoms with Crippen LogP contribution < -0.4 is 10.2 Å². The van der Waals surface area contributed by atoms with Gasteiger partial charge in [0.25, 0.3) is 0 Å². The van der Waals surface area contributed by atoms with Gasteiger partial charge >= 0.3 is 0 Å². The number of amides is 1. The van der Waals surface area contributed by atoms with Gasteiger partial charge in [-0.25, -0.2) is 4.98 Å². The van der Waals surface area contributed by atoms with Crippen molar-refractivity contribution in [1.29, 1.82) is 5.26 Å². The number of carbonyl (C=O) groups is 1. The molecule has 3 aromatic rings. The lowest BCUT2D eigenvalue weighted by atomic mass is 9.95. The van der Waals surface area contributed by atoms with Crippen LogP contribution in [0.2, 0.25) is 0 Å². The molecule has 8 heteroatoms. The third-order valence-corrected chi connectivity index (χ3v) is 4.72. The molecule has 1 aliphatic rings. The summed E-state index contributed by atoms with van der Waals surface area (Å²) in [6.45, 7) is 1.59. The van der Waals surface area contributed by atoms with Crippen molar-refractivity contribution in [2.24, 2.45) is 5.92 Å². The van der Waals surface area contributed by atoms with E-state index in [0.717, 1.165) is 53.6 Å². The lowest BCUT2D eigenvalue weighted by Crippen LogP contribution is -2.40. The van der Waals surface area contributed by atoms with Crippen molar-refractivity contribution in [2.45, 2.75) is 12.8 Å². The number of piperidine rings is 1. The fourth-order valence-electron chi connectivity index (χ4n) is 3.45. The number of hydrogen-bond donors (Lipinski definition) is 2. The maximum absolute atomic E-state index is 12.0. The van der Waals surface area contributed by atoms with Gasteiger partial charge in [-0.15, -0.1) is 5.10 Å². The highest BCUT2D eigenvalue weighted by Gasteiger charge is 2.26. The van der Waals surface area contributed by atoms with Crippen LogP contribution in [0.4, 0.5) is 5.69 Å². The summed E-state index contributed by atoms with van der Waals surface area (Å²) in [6, 6.07) is 3.94. The SMILES string of the molecule is N#CCNC(=O)C1CCN(c2cnnc3cnc4[nH]ccc4c23)CC1. The molecule has 1 aliphatic heterocycles. The first kappa shape index (κ1) is 15.3. The Balaban J connectivity index is 1.60. The van der Waals surface area contributed by atoms with Crippen LogP contribution in [-0.2, 0) is 4.79 Å². The molecule has 4 rings (SSSR count). The number of aromatic nitrogens is 4. The van der Waals surface area contributed by atoms with Crippen molar-refractivity contribution in [1.82, 2.24) is 25.5 Å². The first-order valence-electron chi connectivity index (χ1n) is 8.25. The van der Waals surface area contributed by atoms with Gasteiger partial charge < -0.3 is 15.2 Å². The van der Waals surface area contributed by atoms with Crippen LogP contribution in [0, 0.1) is 17.2 Å². The van der Waals surface area contributed by atoms with Gasteiger partial charge in [-0.05, 0) is 18.9 Å². The molecule has 0 radical (unpaired) electrons. The van der Waals surface area contributed by atoms with Gasteiger partial charge in [0.15, 0.2) is 0 Å².